The number of unbranched alkanes of at least 4 members (excludes halogenated alkanes) is 1. The fourth-order valence-corrected chi connectivity index (χ4v) is 0.613. The second kappa shape index (κ2) is 8.52. The SMILES string of the molecule is C=CCCCC(=O)O.c1c[nH]cn1. The third-order valence-corrected chi connectivity index (χ3v) is 1.20. The molecule has 0 unspecified atom stereocenters. The molecule has 2 N–H and O–H groups in total. The molecule has 72 valence electrons. The lowest BCUT2D eigenvalue weighted by Crippen LogP contribution is -1.92. The summed E-state index contributed by atoms with van der Waals surface area (Å²) in [4.78, 5) is 16.3. The molecule has 0 atom stereocenters. The van der Waals surface area contributed by atoms with Gasteiger partial charge in [0.15, 0.2) is 0 Å². The van der Waals surface area contributed by atoms with Gasteiger partial charge in [0.25, 0.3) is 0 Å². The number of nitrogens with one attached hydrogen (secondary N) is 1. The molecule has 13 heavy (non-hydrogen) atoms. The highest BCUT2D eigenvalue weighted by Gasteiger charge is 1.91. The Labute approximate surface area is 77.3 Å². The van der Waals surface area contributed by atoms with Gasteiger partial charge in [-0.1, -0.05) is 6.08 Å². The normalized spacial score (nSPS) is 8.31. The third-order valence-electron chi connectivity index (χ3n) is 1.20. The minimum Gasteiger partial charge on any atom is -0.481 e. The van der Waals surface area contributed by atoms with E-state index in [1.165, 1.54) is 0 Å². The Morgan fingerprint density at radius 1 is 1.69 bits per heavy atom. The first-order valence-corrected chi connectivity index (χ1v) is 4.02. The fourth-order valence-electron chi connectivity index (χ4n) is 0.613. The average molecular weight is 182 g/mol. The van der Waals surface area contributed by atoms with Crippen molar-refractivity contribution in [1.29, 1.82) is 0 Å². The zero-order valence-electron chi connectivity index (χ0n) is 7.44. The minimum atomic E-state index is -0.730. The van der Waals surface area contributed by atoms with Crippen LogP contribution in [0.4, 0.5) is 0 Å². The van der Waals surface area contributed by atoms with Gasteiger partial charge in [-0.15, -0.1) is 6.58 Å². The minimum absolute atomic E-state index is 0.256. The molecule has 0 spiro atoms. The molecule has 4 nitrogen and oxygen atoms in total. The first kappa shape index (κ1) is 11.4. The average Bonchev–Trinajstić information content (AvgIpc) is 2.61. The molecule has 0 saturated heterocycles. The first-order chi connectivity index (χ1) is 6.27. The number of hydrogen-bond donors (Lipinski definition) is 2. The van der Waals surface area contributed by atoms with E-state index in [0.29, 0.717) is 6.42 Å². The molecule has 0 aliphatic heterocycles. The Kier molecular flexibility index (Phi) is 7.48. The lowest BCUT2D eigenvalue weighted by Gasteiger charge is -1.87. The maximum Gasteiger partial charge on any atom is 0.303 e. The molecule has 1 aromatic heterocycles. The van der Waals surface area contributed by atoms with E-state index in [-0.39, 0.29) is 6.42 Å². The van der Waals surface area contributed by atoms with E-state index in [4.69, 9.17) is 5.11 Å². The van der Waals surface area contributed by atoms with Crippen LogP contribution in [0.25, 0.3) is 0 Å². The second-order valence-electron chi connectivity index (χ2n) is 2.34. The molecule has 1 rings (SSSR count). The van der Waals surface area contributed by atoms with Gasteiger partial charge in [-0.25, -0.2) is 4.98 Å². The Balaban J connectivity index is 0.000000243. The molecular formula is C9H14N2O2. The third kappa shape index (κ3) is 10.4. The fraction of sp³-hybridized carbons (Fsp3) is 0.333. The number of allylic oxidation sites excluding steroid dienone is 1. The lowest BCUT2D eigenvalue weighted by atomic mass is 10.2. The molecule has 0 amide bonds. The second-order valence-corrected chi connectivity index (χ2v) is 2.34. The molecule has 1 heterocycles. The smallest absolute Gasteiger partial charge is 0.303 e. The Morgan fingerprint density at radius 3 is 2.77 bits per heavy atom. The van der Waals surface area contributed by atoms with Crippen LogP contribution in [-0.4, -0.2) is 21.0 Å². The van der Waals surface area contributed by atoms with Crippen molar-refractivity contribution < 1.29 is 9.90 Å². The molecule has 0 aliphatic carbocycles. The number of rotatable bonds is 4. The number of carbonyl (C=O) groups is 1. The first-order valence-electron chi connectivity index (χ1n) is 4.02. The maximum absolute atomic E-state index is 9.84. The van der Waals surface area contributed by atoms with Crippen molar-refractivity contribution in [3.63, 3.8) is 0 Å². The molecule has 0 saturated carbocycles. The van der Waals surface area contributed by atoms with Crippen LogP contribution in [0.2, 0.25) is 0 Å². The van der Waals surface area contributed by atoms with Gasteiger partial charge in [-0.05, 0) is 12.8 Å². The summed E-state index contributed by atoms with van der Waals surface area (Å²) in [6.45, 7) is 3.46. The zero-order valence-corrected chi connectivity index (χ0v) is 7.44. The summed E-state index contributed by atoms with van der Waals surface area (Å²) in [7, 11) is 0. The van der Waals surface area contributed by atoms with Gasteiger partial charge < -0.3 is 10.1 Å². The Morgan fingerprint density at radius 2 is 2.46 bits per heavy atom. The number of carboxylic acids is 1. The number of aromatic amines is 1. The molecule has 0 fully saturated rings. The lowest BCUT2D eigenvalue weighted by molar-refractivity contribution is -0.137. The van der Waals surface area contributed by atoms with Gasteiger partial charge in [0.2, 0.25) is 0 Å². The van der Waals surface area contributed by atoms with Gasteiger partial charge in [0.1, 0.15) is 0 Å². The van der Waals surface area contributed by atoms with Crippen molar-refractivity contribution in [1.82, 2.24) is 9.97 Å². The summed E-state index contributed by atoms with van der Waals surface area (Å²) in [5.41, 5.74) is 0. The Hall–Kier alpha value is -1.58. The molecule has 0 aromatic carbocycles. The topological polar surface area (TPSA) is 66.0 Å². The van der Waals surface area contributed by atoms with Crippen LogP contribution in [0, 0.1) is 0 Å². The quantitative estimate of drug-likeness (QED) is 0.551. The van der Waals surface area contributed by atoms with Gasteiger partial charge in [0, 0.05) is 18.8 Å². The standard InChI is InChI=1S/C6H10O2.C3H4N2/c1-2-3-4-5-6(7)8;1-2-5-3-4-1/h2H,1,3-5H2,(H,7,8);1-3H,(H,4,5). The highest BCUT2D eigenvalue weighted by Crippen LogP contribution is 1.93. The van der Waals surface area contributed by atoms with Gasteiger partial charge in [0.05, 0.1) is 6.33 Å². The molecule has 0 radical (unpaired) electrons. The zero-order chi connectivity index (χ0) is 9.94. The number of aliphatic carboxylic acids is 1. The molecule has 0 aliphatic rings. The molecule has 4 heteroatoms. The van der Waals surface area contributed by atoms with E-state index in [2.05, 4.69) is 16.5 Å². The predicted molar refractivity (Wildman–Crippen MR) is 50.3 cm³/mol. The van der Waals surface area contributed by atoms with Crippen molar-refractivity contribution in [3.8, 4) is 0 Å². The highest BCUT2D eigenvalue weighted by atomic mass is 16.4. The summed E-state index contributed by atoms with van der Waals surface area (Å²) in [6.07, 6.45) is 8.57. The van der Waals surface area contributed by atoms with Crippen LogP contribution >= 0.6 is 0 Å². The van der Waals surface area contributed by atoms with Crippen LogP contribution in [0.15, 0.2) is 31.4 Å². The van der Waals surface area contributed by atoms with Crippen molar-refractivity contribution >= 4 is 5.97 Å². The van der Waals surface area contributed by atoms with Crippen LogP contribution in [0.3, 0.4) is 0 Å². The summed E-state index contributed by atoms with van der Waals surface area (Å²) >= 11 is 0. The Bertz CT molecular complexity index is 202. The largest absolute Gasteiger partial charge is 0.481 e. The van der Waals surface area contributed by atoms with Crippen LogP contribution < -0.4 is 0 Å². The number of hydrogen-bond acceptors (Lipinski definition) is 2. The van der Waals surface area contributed by atoms with Crippen molar-refractivity contribution in [3.05, 3.63) is 31.4 Å². The van der Waals surface area contributed by atoms with Crippen molar-refractivity contribution in [2.45, 2.75) is 19.3 Å². The number of nitrogens with zero attached hydrogens (tertiary/aromatic N) is 1. The molecular weight excluding hydrogens is 168 g/mol. The van der Waals surface area contributed by atoms with E-state index >= 15 is 0 Å². The summed E-state index contributed by atoms with van der Waals surface area (Å²) in [5.74, 6) is -0.730. The molecule has 0 bridgehead atoms. The van der Waals surface area contributed by atoms with Crippen LogP contribution in [0.5, 0.6) is 0 Å². The number of carboxylic acid groups (broad SMARTS) is 1. The van der Waals surface area contributed by atoms with Gasteiger partial charge >= 0.3 is 5.97 Å². The predicted octanol–water partition coefficient (Wildman–Crippen LogP) is 1.84. The van der Waals surface area contributed by atoms with E-state index < -0.39 is 5.97 Å². The monoisotopic (exact) mass is 182 g/mol. The summed E-state index contributed by atoms with van der Waals surface area (Å²) in [6, 6.07) is 0. The molecule has 1 aromatic rings. The van der Waals surface area contributed by atoms with E-state index in [1.807, 2.05) is 0 Å². The number of imidazole rings is 1. The van der Waals surface area contributed by atoms with E-state index in [0.717, 1.165) is 6.42 Å². The summed E-state index contributed by atoms with van der Waals surface area (Å²) in [5, 5.41) is 8.11. The number of aromatic nitrogens is 2. The van der Waals surface area contributed by atoms with E-state index in [1.54, 1.807) is 24.8 Å². The van der Waals surface area contributed by atoms with E-state index in [9.17, 15) is 4.79 Å². The van der Waals surface area contributed by atoms with Crippen LogP contribution in [-0.2, 0) is 4.79 Å². The van der Waals surface area contributed by atoms with Crippen LogP contribution in [0.1, 0.15) is 19.3 Å². The summed E-state index contributed by atoms with van der Waals surface area (Å²) < 4.78 is 0. The highest BCUT2D eigenvalue weighted by molar-refractivity contribution is 5.66. The maximum atomic E-state index is 9.84. The number of H-pyrrole nitrogens is 1. The van der Waals surface area contributed by atoms with Crippen molar-refractivity contribution in [2.75, 3.05) is 0 Å². The van der Waals surface area contributed by atoms with Gasteiger partial charge in [-0.3, -0.25) is 4.79 Å². The van der Waals surface area contributed by atoms with Crippen molar-refractivity contribution in [2.24, 2.45) is 0 Å². The van der Waals surface area contributed by atoms with Gasteiger partial charge in [-0.2, -0.15) is 0 Å².